The molecule has 4 heterocycles. The van der Waals surface area contributed by atoms with Crippen molar-refractivity contribution in [3.63, 3.8) is 0 Å². The van der Waals surface area contributed by atoms with E-state index >= 15 is 0 Å². The van der Waals surface area contributed by atoms with Gasteiger partial charge in [0.05, 0.1) is 46.2 Å². The van der Waals surface area contributed by atoms with Crippen LogP contribution in [0.4, 0.5) is 4.79 Å². The third kappa shape index (κ3) is 6.31. The van der Waals surface area contributed by atoms with Crippen LogP contribution in [0.3, 0.4) is 0 Å². The molecule has 3 aromatic heterocycles. The quantitative estimate of drug-likeness (QED) is 0.141. The summed E-state index contributed by atoms with van der Waals surface area (Å²) in [4.78, 5) is 27.1. The highest BCUT2D eigenvalue weighted by atomic mass is 28.3. The van der Waals surface area contributed by atoms with Gasteiger partial charge in [-0.15, -0.1) is 0 Å². The van der Waals surface area contributed by atoms with Crippen LogP contribution in [0.25, 0.3) is 33.3 Å². The molecule has 0 radical (unpaired) electrons. The highest BCUT2D eigenvalue weighted by Gasteiger charge is 2.24. The number of ether oxygens (including phenoxy) is 2. The summed E-state index contributed by atoms with van der Waals surface area (Å²) < 4.78 is 16.5. The van der Waals surface area contributed by atoms with Crippen LogP contribution < -0.4 is 4.74 Å². The zero-order chi connectivity index (χ0) is 31.0. The van der Waals surface area contributed by atoms with Gasteiger partial charge in [0.25, 0.3) is 0 Å². The summed E-state index contributed by atoms with van der Waals surface area (Å²) in [6.45, 7) is 13.3. The van der Waals surface area contributed by atoms with Crippen molar-refractivity contribution in [1.29, 1.82) is 0 Å². The summed E-state index contributed by atoms with van der Waals surface area (Å²) in [6, 6.07) is 11.1. The second-order valence-electron chi connectivity index (χ2n) is 12.7. The van der Waals surface area contributed by atoms with Crippen molar-refractivity contribution in [2.45, 2.75) is 65.1 Å². The number of hydrogen-bond donors (Lipinski definition) is 1. The lowest BCUT2D eigenvalue weighted by molar-refractivity contribution is 0.0885. The summed E-state index contributed by atoms with van der Waals surface area (Å²) in [5.41, 5.74) is 5.91. The van der Waals surface area contributed by atoms with Crippen molar-refractivity contribution in [1.82, 2.24) is 34.2 Å². The monoisotopic (exact) mass is 613 g/mol. The summed E-state index contributed by atoms with van der Waals surface area (Å²) in [6.07, 6.45) is 6.13. The Labute approximate surface area is 257 Å². The first-order valence-corrected chi connectivity index (χ1v) is 18.8. The van der Waals surface area contributed by atoms with Gasteiger partial charge in [0.2, 0.25) is 0 Å². The Balaban J connectivity index is 1.21. The van der Waals surface area contributed by atoms with Crippen molar-refractivity contribution in [3.05, 3.63) is 60.3 Å². The molecule has 44 heavy (non-hydrogen) atoms. The van der Waals surface area contributed by atoms with Gasteiger partial charge in [0, 0.05) is 51.2 Å². The standard InChI is InChI=1S/C32H39N7O4Si/c1-21-30(43-25-6-7-26-29(16-25)38(22(2)35-26)20-42-14-15-44(3,4)5)9-8-27-31(21)36-28(18-33-27)23-17-34-39(19-23)24-10-12-37(13-11-24)32(40)41/h6-9,16-19,24H,10-15,20H2,1-5H3,(H,40,41). The number of aromatic nitrogens is 6. The summed E-state index contributed by atoms with van der Waals surface area (Å²) >= 11 is 0. The minimum atomic E-state index is -1.16. The van der Waals surface area contributed by atoms with Crippen LogP contribution in [0.1, 0.15) is 30.3 Å². The lowest BCUT2D eigenvalue weighted by atomic mass is 10.1. The number of fused-ring (bicyclic) bond motifs is 2. The number of benzene rings is 2. The average molecular weight is 614 g/mol. The molecule has 12 heteroatoms. The molecule has 0 unspecified atom stereocenters. The molecule has 1 N–H and O–H groups in total. The van der Waals surface area contributed by atoms with E-state index in [1.807, 2.05) is 55.1 Å². The molecule has 0 spiro atoms. The Morgan fingerprint density at radius 3 is 2.57 bits per heavy atom. The van der Waals surface area contributed by atoms with Gasteiger partial charge in [-0.05, 0) is 57.0 Å². The molecule has 1 aliphatic heterocycles. The largest absolute Gasteiger partial charge is 0.465 e. The van der Waals surface area contributed by atoms with E-state index in [-0.39, 0.29) is 6.04 Å². The van der Waals surface area contributed by atoms with Gasteiger partial charge in [-0.3, -0.25) is 9.67 Å². The van der Waals surface area contributed by atoms with E-state index < -0.39 is 14.2 Å². The summed E-state index contributed by atoms with van der Waals surface area (Å²) in [5, 5.41) is 13.8. The van der Waals surface area contributed by atoms with E-state index in [2.05, 4.69) is 34.3 Å². The molecule has 0 atom stereocenters. The van der Waals surface area contributed by atoms with Crippen molar-refractivity contribution in [2.24, 2.45) is 0 Å². The lowest BCUT2D eigenvalue weighted by Gasteiger charge is -2.29. The van der Waals surface area contributed by atoms with E-state index in [9.17, 15) is 9.90 Å². The van der Waals surface area contributed by atoms with Crippen LogP contribution in [0.5, 0.6) is 11.5 Å². The molecular weight excluding hydrogens is 574 g/mol. The number of aryl methyl sites for hydroxylation is 2. The van der Waals surface area contributed by atoms with Gasteiger partial charge in [-0.2, -0.15) is 5.10 Å². The predicted octanol–water partition coefficient (Wildman–Crippen LogP) is 6.88. The smallest absolute Gasteiger partial charge is 0.407 e. The van der Waals surface area contributed by atoms with E-state index in [0.29, 0.717) is 31.3 Å². The fourth-order valence-electron chi connectivity index (χ4n) is 5.54. The molecule has 1 saturated heterocycles. The van der Waals surface area contributed by atoms with Crippen LogP contribution >= 0.6 is 0 Å². The number of rotatable bonds is 9. The van der Waals surface area contributed by atoms with Gasteiger partial charge >= 0.3 is 6.09 Å². The number of carbonyl (C=O) groups is 1. The third-order valence-corrected chi connectivity index (χ3v) is 9.98. The molecule has 5 aromatic rings. The van der Waals surface area contributed by atoms with Crippen LogP contribution in [0, 0.1) is 13.8 Å². The molecule has 1 amide bonds. The Bertz CT molecular complexity index is 1820. The number of likely N-dealkylation sites (tertiary alicyclic amines) is 1. The Hall–Kier alpha value is -4.29. The van der Waals surface area contributed by atoms with Crippen molar-refractivity contribution in [2.75, 3.05) is 19.7 Å². The van der Waals surface area contributed by atoms with Gasteiger partial charge in [-0.1, -0.05) is 19.6 Å². The number of imidazole rings is 1. The van der Waals surface area contributed by atoms with Crippen molar-refractivity contribution >= 4 is 36.2 Å². The second kappa shape index (κ2) is 12.0. The molecule has 11 nitrogen and oxygen atoms in total. The maximum absolute atomic E-state index is 11.3. The minimum Gasteiger partial charge on any atom is -0.465 e. The molecule has 1 fully saturated rings. The average Bonchev–Trinajstić information content (AvgIpc) is 3.61. The summed E-state index contributed by atoms with van der Waals surface area (Å²) in [5.74, 6) is 2.32. The zero-order valence-corrected chi connectivity index (χ0v) is 26.9. The number of hydrogen-bond acceptors (Lipinski definition) is 7. The molecular formula is C32H39N7O4Si. The number of nitrogens with zero attached hydrogens (tertiary/aromatic N) is 7. The maximum Gasteiger partial charge on any atom is 0.407 e. The Morgan fingerprint density at radius 1 is 1.05 bits per heavy atom. The fraction of sp³-hybridized carbons (Fsp3) is 0.406. The first kappa shape index (κ1) is 29.8. The predicted molar refractivity (Wildman–Crippen MR) is 172 cm³/mol. The highest BCUT2D eigenvalue weighted by molar-refractivity contribution is 6.76. The van der Waals surface area contributed by atoms with Crippen LogP contribution in [0.2, 0.25) is 25.7 Å². The van der Waals surface area contributed by atoms with Gasteiger partial charge < -0.3 is 24.0 Å². The first-order chi connectivity index (χ1) is 21.1. The first-order valence-electron chi connectivity index (χ1n) is 15.1. The zero-order valence-electron chi connectivity index (χ0n) is 25.9. The third-order valence-electron chi connectivity index (χ3n) is 8.28. The fourth-order valence-corrected chi connectivity index (χ4v) is 6.30. The normalized spacial score (nSPS) is 14.5. The van der Waals surface area contributed by atoms with Gasteiger partial charge in [0.1, 0.15) is 24.1 Å². The summed E-state index contributed by atoms with van der Waals surface area (Å²) in [7, 11) is -1.16. The molecule has 230 valence electrons. The second-order valence-corrected chi connectivity index (χ2v) is 18.3. The molecule has 0 saturated carbocycles. The number of carboxylic acid groups (broad SMARTS) is 1. The van der Waals surface area contributed by atoms with E-state index in [0.717, 1.165) is 70.2 Å². The van der Waals surface area contributed by atoms with E-state index in [4.69, 9.17) is 19.4 Å². The van der Waals surface area contributed by atoms with Crippen LogP contribution in [-0.2, 0) is 11.5 Å². The Morgan fingerprint density at radius 2 is 1.82 bits per heavy atom. The SMILES string of the molecule is Cc1c(Oc2ccc3nc(C)n(COCC[Si](C)(C)C)c3c2)ccc2ncc(-c3cnn(C4CCN(C(=O)O)CC4)c3)nc12. The molecule has 6 rings (SSSR count). The number of piperidine rings is 1. The van der Waals surface area contributed by atoms with Gasteiger partial charge in [-0.25, -0.2) is 14.8 Å². The highest BCUT2D eigenvalue weighted by Crippen LogP contribution is 2.33. The Kier molecular flexibility index (Phi) is 8.12. The maximum atomic E-state index is 11.3. The van der Waals surface area contributed by atoms with Crippen LogP contribution in [0.15, 0.2) is 48.9 Å². The van der Waals surface area contributed by atoms with E-state index in [1.165, 1.54) is 4.90 Å². The van der Waals surface area contributed by atoms with Crippen LogP contribution in [-0.4, -0.2) is 73.2 Å². The minimum absolute atomic E-state index is 0.156. The topological polar surface area (TPSA) is 120 Å². The van der Waals surface area contributed by atoms with Gasteiger partial charge in [0.15, 0.2) is 0 Å². The molecule has 0 bridgehead atoms. The molecule has 2 aromatic carbocycles. The lowest BCUT2D eigenvalue weighted by Crippen LogP contribution is -2.38. The molecule has 0 aliphatic carbocycles. The molecule has 1 aliphatic rings. The van der Waals surface area contributed by atoms with Crippen molar-refractivity contribution < 1.29 is 19.4 Å². The number of amides is 1. The van der Waals surface area contributed by atoms with E-state index in [1.54, 1.807) is 12.4 Å². The van der Waals surface area contributed by atoms with Crippen molar-refractivity contribution in [3.8, 4) is 22.8 Å².